The predicted octanol–water partition coefficient (Wildman–Crippen LogP) is 3.28. The quantitative estimate of drug-likeness (QED) is 0.826. The lowest BCUT2D eigenvalue weighted by Crippen LogP contribution is -2.54. The standard InChI is InChI=1S/C16H32N2/c1-5-13-8-10-18(11-9-13)15-7-6-14(15)12-17-16(2,3)4/h13-15,17H,5-12H2,1-4H3. The Bertz CT molecular complexity index is 248. The summed E-state index contributed by atoms with van der Waals surface area (Å²) in [6.07, 6.45) is 7.13. The fourth-order valence-electron chi connectivity index (χ4n) is 3.40. The zero-order valence-electron chi connectivity index (χ0n) is 12.8. The molecule has 2 heteroatoms. The second-order valence-electron chi connectivity index (χ2n) is 7.42. The monoisotopic (exact) mass is 252 g/mol. The third-order valence-corrected chi connectivity index (χ3v) is 4.97. The molecule has 2 atom stereocenters. The summed E-state index contributed by atoms with van der Waals surface area (Å²) in [7, 11) is 0. The summed E-state index contributed by atoms with van der Waals surface area (Å²) in [5.41, 5.74) is 0.273. The molecule has 0 aromatic rings. The van der Waals surface area contributed by atoms with Gasteiger partial charge in [0.2, 0.25) is 0 Å². The lowest BCUT2D eigenvalue weighted by molar-refractivity contribution is 0.0314. The van der Waals surface area contributed by atoms with Crippen molar-refractivity contribution in [3.63, 3.8) is 0 Å². The Labute approximate surface area is 114 Å². The van der Waals surface area contributed by atoms with Gasteiger partial charge in [0, 0.05) is 11.6 Å². The van der Waals surface area contributed by atoms with Crippen LogP contribution >= 0.6 is 0 Å². The Balaban J connectivity index is 1.73. The molecule has 1 saturated heterocycles. The van der Waals surface area contributed by atoms with E-state index in [0.29, 0.717) is 0 Å². The highest BCUT2D eigenvalue weighted by Gasteiger charge is 2.36. The van der Waals surface area contributed by atoms with Gasteiger partial charge in [0.25, 0.3) is 0 Å². The summed E-state index contributed by atoms with van der Waals surface area (Å²) in [6.45, 7) is 13.1. The van der Waals surface area contributed by atoms with Gasteiger partial charge in [-0.3, -0.25) is 0 Å². The third kappa shape index (κ3) is 3.71. The Morgan fingerprint density at radius 1 is 1.06 bits per heavy atom. The van der Waals surface area contributed by atoms with E-state index in [4.69, 9.17) is 0 Å². The molecule has 0 aromatic heterocycles. The van der Waals surface area contributed by atoms with E-state index in [1.54, 1.807) is 0 Å². The number of nitrogens with one attached hydrogen (secondary N) is 1. The fraction of sp³-hybridized carbons (Fsp3) is 1.00. The molecule has 2 unspecified atom stereocenters. The highest BCUT2D eigenvalue weighted by molar-refractivity contribution is 4.92. The number of nitrogens with zero attached hydrogens (tertiary/aromatic N) is 1. The number of hydrogen-bond donors (Lipinski definition) is 1. The zero-order chi connectivity index (χ0) is 13.2. The van der Waals surface area contributed by atoms with Crippen molar-refractivity contribution in [1.82, 2.24) is 10.2 Å². The molecule has 2 aliphatic rings. The number of rotatable bonds is 4. The molecule has 1 heterocycles. The van der Waals surface area contributed by atoms with Gasteiger partial charge in [-0.25, -0.2) is 0 Å². The molecule has 0 radical (unpaired) electrons. The van der Waals surface area contributed by atoms with Crippen molar-refractivity contribution < 1.29 is 0 Å². The van der Waals surface area contributed by atoms with Crippen LogP contribution in [-0.2, 0) is 0 Å². The van der Waals surface area contributed by atoms with Gasteiger partial charge in [-0.15, -0.1) is 0 Å². The van der Waals surface area contributed by atoms with Gasteiger partial charge in [-0.2, -0.15) is 0 Å². The molecule has 2 fully saturated rings. The third-order valence-electron chi connectivity index (χ3n) is 4.97. The van der Waals surface area contributed by atoms with Crippen LogP contribution in [0.5, 0.6) is 0 Å². The first-order valence-corrected chi connectivity index (χ1v) is 7.98. The van der Waals surface area contributed by atoms with Gasteiger partial charge < -0.3 is 10.2 Å². The minimum Gasteiger partial charge on any atom is -0.312 e. The minimum absolute atomic E-state index is 0.273. The van der Waals surface area contributed by atoms with Crippen molar-refractivity contribution >= 4 is 0 Å². The summed E-state index contributed by atoms with van der Waals surface area (Å²) < 4.78 is 0. The first-order valence-electron chi connectivity index (χ1n) is 7.98. The van der Waals surface area contributed by atoms with Crippen molar-refractivity contribution in [1.29, 1.82) is 0 Å². The van der Waals surface area contributed by atoms with Crippen LogP contribution in [0, 0.1) is 11.8 Å². The van der Waals surface area contributed by atoms with E-state index >= 15 is 0 Å². The first-order chi connectivity index (χ1) is 8.49. The molecule has 1 N–H and O–H groups in total. The Hall–Kier alpha value is -0.0800. The molecule has 1 aliphatic heterocycles. The molecular formula is C16H32N2. The Morgan fingerprint density at radius 2 is 1.72 bits per heavy atom. The number of hydrogen-bond acceptors (Lipinski definition) is 2. The van der Waals surface area contributed by atoms with Crippen LogP contribution in [0.3, 0.4) is 0 Å². The van der Waals surface area contributed by atoms with Crippen molar-refractivity contribution in [3.05, 3.63) is 0 Å². The van der Waals surface area contributed by atoms with Crippen molar-refractivity contribution in [2.75, 3.05) is 19.6 Å². The molecule has 106 valence electrons. The van der Waals surface area contributed by atoms with Gasteiger partial charge in [0.15, 0.2) is 0 Å². The Kier molecular flexibility index (Phi) is 4.71. The highest BCUT2D eigenvalue weighted by atomic mass is 15.2. The summed E-state index contributed by atoms with van der Waals surface area (Å²) >= 11 is 0. The van der Waals surface area contributed by atoms with Gasteiger partial charge in [-0.05, 0) is 77.9 Å². The van der Waals surface area contributed by atoms with Gasteiger partial charge in [-0.1, -0.05) is 13.3 Å². The molecule has 0 bridgehead atoms. The van der Waals surface area contributed by atoms with Crippen LogP contribution < -0.4 is 5.32 Å². The normalized spacial score (nSPS) is 31.3. The lowest BCUT2D eigenvalue weighted by atomic mass is 9.77. The van der Waals surface area contributed by atoms with Crippen molar-refractivity contribution in [3.8, 4) is 0 Å². The van der Waals surface area contributed by atoms with Crippen molar-refractivity contribution in [2.24, 2.45) is 11.8 Å². The number of likely N-dealkylation sites (tertiary alicyclic amines) is 1. The maximum absolute atomic E-state index is 3.69. The van der Waals surface area contributed by atoms with E-state index in [2.05, 4.69) is 37.9 Å². The molecule has 0 amide bonds. The zero-order valence-corrected chi connectivity index (χ0v) is 12.8. The average molecular weight is 252 g/mol. The van der Waals surface area contributed by atoms with Crippen LogP contribution in [0.2, 0.25) is 0 Å². The number of piperidine rings is 1. The summed E-state index contributed by atoms with van der Waals surface area (Å²) in [5.74, 6) is 1.91. The van der Waals surface area contributed by atoms with Crippen LogP contribution in [0.25, 0.3) is 0 Å². The van der Waals surface area contributed by atoms with Gasteiger partial charge in [0.1, 0.15) is 0 Å². The highest BCUT2D eigenvalue weighted by Crippen LogP contribution is 2.34. The van der Waals surface area contributed by atoms with Crippen molar-refractivity contribution in [2.45, 2.75) is 71.4 Å². The van der Waals surface area contributed by atoms with E-state index in [-0.39, 0.29) is 5.54 Å². The van der Waals surface area contributed by atoms with E-state index in [9.17, 15) is 0 Å². The molecule has 0 aromatic carbocycles. The molecule has 2 rings (SSSR count). The Morgan fingerprint density at radius 3 is 2.17 bits per heavy atom. The fourth-order valence-corrected chi connectivity index (χ4v) is 3.40. The molecule has 1 aliphatic carbocycles. The molecular weight excluding hydrogens is 220 g/mol. The maximum Gasteiger partial charge on any atom is 0.0136 e. The van der Waals surface area contributed by atoms with Gasteiger partial charge in [0.05, 0.1) is 0 Å². The molecule has 2 nitrogen and oxygen atoms in total. The average Bonchev–Trinajstić information content (AvgIpc) is 2.27. The van der Waals surface area contributed by atoms with Crippen LogP contribution in [0.4, 0.5) is 0 Å². The summed E-state index contributed by atoms with van der Waals surface area (Å²) in [4.78, 5) is 2.78. The smallest absolute Gasteiger partial charge is 0.0136 e. The van der Waals surface area contributed by atoms with Crippen LogP contribution in [-0.4, -0.2) is 36.1 Å². The minimum atomic E-state index is 0.273. The van der Waals surface area contributed by atoms with Gasteiger partial charge >= 0.3 is 0 Å². The lowest BCUT2D eigenvalue weighted by Gasteiger charge is -2.47. The molecule has 1 saturated carbocycles. The topological polar surface area (TPSA) is 15.3 Å². The van der Waals surface area contributed by atoms with E-state index in [1.807, 2.05) is 0 Å². The summed E-state index contributed by atoms with van der Waals surface area (Å²) in [5, 5.41) is 3.69. The van der Waals surface area contributed by atoms with E-state index < -0.39 is 0 Å². The van der Waals surface area contributed by atoms with E-state index in [0.717, 1.165) is 17.9 Å². The summed E-state index contributed by atoms with van der Waals surface area (Å²) in [6, 6.07) is 0.887. The van der Waals surface area contributed by atoms with Crippen LogP contribution in [0.1, 0.15) is 59.8 Å². The molecule has 18 heavy (non-hydrogen) atoms. The second-order valence-corrected chi connectivity index (χ2v) is 7.42. The SMILES string of the molecule is CCC1CCN(C2CCC2CNC(C)(C)C)CC1. The van der Waals surface area contributed by atoms with Crippen LogP contribution in [0.15, 0.2) is 0 Å². The predicted molar refractivity (Wildman–Crippen MR) is 78.9 cm³/mol. The van der Waals surface area contributed by atoms with E-state index in [1.165, 1.54) is 51.7 Å². The largest absolute Gasteiger partial charge is 0.312 e. The molecule has 0 spiro atoms. The maximum atomic E-state index is 3.69. The first kappa shape index (κ1) is 14.3. The second kappa shape index (κ2) is 5.92.